The number of aliphatic hydroxyl groups is 2. The Kier molecular flexibility index (Phi) is 13.4. The van der Waals surface area contributed by atoms with E-state index in [1.165, 1.54) is 12.8 Å². The first-order valence-electron chi connectivity index (χ1n) is 21.7. The second kappa shape index (κ2) is 18.5. The lowest BCUT2D eigenvalue weighted by atomic mass is 9.55. The van der Waals surface area contributed by atoms with Gasteiger partial charge in [-0.25, -0.2) is 0 Å². The molecule has 3 aliphatic carbocycles. The number of hydrogen-bond donors (Lipinski definition) is 3. The number of allylic oxidation sites excluding steroid dienone is 1. The van der Waals surface area contributed by atoms with Crippen LogP contribution in [-0.4, -0.2) is 75.9 Å². The monoisotopic (exact) mass is 800 g/mol. The lowest BCUT2D eigenvalue weighted by molar-refractivity contribution is -0.258. The number of phenolic OH excluding ortho intramolecular Hbond substituents is 1. The number of amides is 1. The highest BCUT2D eigenvalue weighted by Crippen LogP contribution is 2.62. The average molecular weight is 801 g/mol. The van der Waals surface area contributed by atoms with Gasteiger partial charge in [0.05, 0.1) is 18.2 Å². The molecule has 11 heteroatoms. The van der Waals surface area contributed by atoms with E-state index in [-0.39, 0.29) is 62.6 Å². The molecular formula is C47H64N2O9. The summed E-state index contributed by atoms with van der Waals surface area (Å²) in [5.41, 5.74) is 2.93. The highest BCUT2D eigenvalue weighted by atomic mass is 16.7. The minimum Gasteiger partial charge on any atom is -0.508 e. The maximum Gasteiger partial charge on any atom is 0.239 e. The number of unbranched alkanes of at least 4 members (excludes halogenated alkanes) is 2. The molecule has 7 rings (SSSR count). The summed E-state index contributed by atoms with van der Waals surface area (Å²) in [7, 11) is 0. The molecule has 6 unspecified atom stereocenters. The van der Waals surface area contributed by atoms with Crippen molar-refractivity contribution in [1.29, 1.82) is 0 Å². The highest BCUT2D eigenvalue weighted by molar-refractivity contribution is 6.03. The van der Waals surface area contributed by atoms with Gasteiger partial charge in [0.2, 0.25) is 18.5 Å². The molecule has 2 heterocycles. The van der Waals surface area contributed by atoms with Gasteiger partial charge in [-0.15, -0.1) is 6.58 Å². The Balaban J connectivity index is 1.43. The number of phenols is 1. The van der Waals surface area contributed by atoms with Gasteiger partial charge in [-0.1, -0.05) is 61.9 Å². The topological polar surface area (TPSA) is 140 Å². The smallest absolute Gasteiger partial charge is 0.239 e. The van der Waals surface area contributed by atoms with Crippen molar-refractivity contribution in [1.82, 2.24) is 4.90 Å². The third-order valence-corrected chi connectivity index (χ3v) is 12.8. The molecule has 2 aromatic rings. The first-order valence-corrected chi connectivity index (χ1v) is 21.7. The van der Waals surface area contributed by atoms with Crippen molar-refractivity contribution in [2.24, 2.45) is 28.8 Å². The van der Waals surface area contributed by atoms with E-state index in [1.807, 2.05) is 56.0 Å². The van der Waals surface area contributed by atoms with Crippen LogP contribution in [0.3, 0.4) is 0 Å². The van der Waals surface area contributed by atoms with Gasteiger partial charge in [0.1, 0.15) is 23.1 Å². The van der Waals surface area contributed by atoms with Crippen LogP contribution in [0, 0.1) is 23.7 Å². The molecule has 58 heavy (non-hydrogen) atoms. The summed E-state index contributed by atoms with van der Waals surface area (Å²) < 4.78 is 25.9. The van der Waals surface area contributed by atoms with Gasteiger partial charge in [-0.2, -0.15) is 0 Å². The molecule has 1 amide bonds. The van der Waals surface area contributed by atoms with E-state index in [0.29, 0.717) is 48.8 Å². The second-order valence-corrected chi connectivity index (χ2v) is 17.9. The number of rotatable bonds is 18. The molecule has 6 atom stereocenters. The van der Waals surface area contributed by atoms with Crippen molar-refractivity contribution in [3.8, 4) is 23.0 Å². The standard InChI is InChI=1S/C47H64N2O9/c1-5-24-56-47-42(49(43(53)21-17-31-12-6-7-13-31)29-32-16-19-40-41(25-32)55-30-54-40)28-38(48-58-46(2,3)4)36-26-33(14-8-10-22-50)35(15-9-11-23-51)44(45(36)47)37-27-34(52)18-20-39(37)57-47/h5,16,18-20,25-27,31,33,35,42,44-45,50-52H,1,6-15,17,21-24,28-30H2,2-4H3. The summed E-state index contributed by atoms with van der Waals surface area (Å²) in [6.45, 7) is 10.8. The lowest BCUT2D eigenvalue weighted by Crippen LogP contribution is -2.70. The van der Waals surface area contributed by atoms with Crippen LogP contribution in [0.1, 0.15) is 121 Å². The van der Waals surface area contributed by atoms with Gasteiger partial charge in [0, 0.05) is 44.1 Å². The van der Waals surface area contributed by atoms with E-state index < -0.39 is 23.3 Å². The summed E-state index contributed by atoms with van der Waals surface area (Å²) in [5, 5.41) is 35.7. The van der Waals surface area contributed by atoms with Gasteiger partial charge in [0.25, 0.3) is 0 Å². The lowest BCUT2D eigenvalue weighted by Gasteiger charge is -2.60. The van der Waals surface area contributed by atoms with Gasteiger partial charge < -0.3 is 44.0 Å². The fraction of sp³-hybridized carbons (Fsp3) is 0.617. The molecule has 316 valence electrons. The predicted molar refractivity (Wildman–Crippen MR) is 222 cm³/mol. The van der Waals surface area contributed by atoms with Crippen LogP contribution in [-0.2, 0) is 20.9 Å². The molecular weight excluding hydrogens is 737 g/mol. The van der Waals surface area contributed by atoms with Crippen LogP contribution in [0.15, 0.2) is 65.9 Å². The highest BCUT2D eigenvalue weighted by Gasteiger charge is 2.65. The number of nitrogens with zero attached hydrogens (tertiary/aromatic N) is 2. The van der Waals surface area contributed by atoms with Crippen molar-refractivity contribution >= 4 is 11.6 Å². The number of oxime groups is 1. The number of fused-ring (bicyclic) bond motifs is 3. The Bertz CT molecular complexity index is 1810. The Hall–Kier alpha value is -4.06. The van der Waals surface area contributed by atoms with Crippen LogP contribution in [0.5, 0.6) is 23.0 Å². The number of benzene rings is 2. The maximum atomic E-state index is 15.1. The molecule has 0 spiro atoms. The van der Waals surface area contributed by atoms with Crippen molar-refractivity contribution in [3.63, 3.8) is 0 Å². The first-order chi connectivity index (χ1) is 28.0. The Morgan fingerprint density at radius 1 is 0.983 bits per heavy atom. The van der Waals surface area contributed by atoms with Crippen LogP contribution in [0.2, 0.25) is 0 Å². The number of carbonyl (C=O) groups excluding carboxylic acids is 1. The van der Waals surface area contributed by atoms with E-state index in [9.17, 15) is 15.3 Å². The second-order valence-electron chi connectivity index (χ2n) is 17.9. The molecule has 0 aromatic heterocycles. The molecule has 0 bridgehead atoms. The quantitative estimate of drug-likeness (QED) is 0.0769. The largest absolute Gasteiger partial charge is 0.508 e. The van der Waals surface area contributed by atoms with E-state index in [2.05, 4.69) is 12.7 Å². The third-order valence-electron chi connectivity index (χ3n) is 12.8. The zero-order valence-corrected chi connectivity index (χ0v) is 34.7. The number of hydrogen-bond acceptors (Lipinski definition) is 10. The van der Waals surface area contributed by atoms with Crippen LogP contribution in [0.4, 0.5) is 0 Å². The van der Waals surface area contributed by atoms with E-state index >= 15 is 4.79 Å². The molecule has 2 aromatic carbocycles. The first kappa shape index (κ1) is 42.1. The summed E-state index contributed by atoms with van der Waals surface area (Å²) in [4.78, 5) is 23.3. The number of aromatic hydroxyl groups is 1. The molecule has 2 aliphatic heterocycles. The van der Waals surface area contributed by atoms with Crippen LogP contribution < -0.4 is 14.2 Å². The van der Waals surface area contributed by atoms with Gasteiger partial charge >= 0.3 is 0 Å². The number of ether oxygens (including phenoxy) is 4. The molecule has 2 fully saturated rings. The third kappa shape index (κ3) is 9.06. The SMILES string of the molecule is C=CCOC12Oc3ccc(O)cc3C3C(CCCCO)C(CCCCO)C=C(C(=NOC(C)(C)C)CC1N(Cc1ccc4c(c1)OCO4)C(=O)CCC1CCCC1)C32. The molecule has 5 aliphatic rings. The number of carbonyl (C=O) groups is 1. The predicted octanol–water partition coefficient (Wildman–Crippen LogP) is 8.55. The summed E-state index contributed by atoms with van der Waals surface area (Å²) in [6.07, 6.45) is 15.0. The van der Waals surface area contributed by atoms with Gasteiger partial charge in [-0.3, -0.25) is 4.79 Å². The minimum absolute atomic E-state index is 0.0218. The molecule has 2 saturated carbocycles. The van der Waals surface area contributed by atoms with E-state index in [4.69, 9.17) is 28.9 Å². The van der Waals surface area contributed by atoms with Crippen LogP contribution >= 0.6 is 0 Å². The fourth-order valence-corrected chi connectivity index (χ4v) is 10.2. The Morgan fingerprint density at radius 3 is 2.47 bits per heavy atom. The summed E-state index contributed by atoms with van der Waals surface area (Å²) in [6, 6.07) is 10.5. The summed E-state index contributed by atoms with van der Waals surface area (Å²) >= 11 is 0. The molecule has 3 N–H and O–H groups in total. The average Bonchev–Trinajstić information content (AvgIpc) is 3.91. The van der Waals surface area contributed by atoms with Crippen molar-refractivity contribution < 1.29 is 43.9 Å². The zero-order chi connectivity index (χ0) is 40.9. The fourth-order valence-electron chi connectivity index (χ4n) is 10.2. The normalized spacial score (nSPS) is 26.7. The van der Waals surface area contributed by atoms with E-state index in [1.54, 1.807) is 12.1 Å². The Morgan fingerprint density at radius 2 is 1.72 bits per heavy atom. The summed E-state index contributed by atoms with van der Waals surface area (Å²) in [5.74, 6) is 0.772. The minimum atomic E-state index is -1.37. The zero-order valence-electron chi connectivity index (χ0n) is 34.7. The Labute approximate surface area is 344 Å². The molecule has 0 radical (unpaired) electrons. The molecule has 0 saturated heterocycles. The van der Waals surface area contributed by atoms with Gasteiger partial charge in [-0.05, 0) is 112 Å². The van der Waals surface area contributed by atoms with Crippen molar-refractivity contribution in [2.75, 3.05) is 26.6 Å². The molecule has 11 nitrogen and oxygen atoms in total. The number of aliphatic hydroxyl groups excluding tert-OH is 2. The van der Waals surface area contributed by atoms with Gasteiger partial charge in [0.15, 0.2) is 11.5 Å². The maximum absolute atomic E-state index is 15.1. The van der Waals surface area contributed by atoms with Crippen molar-refractivity contribution in [2.45, 2.75) is 134 Å². The van der Waals surface area contributed by atoms with Crippen molar-refractivity contribution in [3.05, 3.63) is 71.8 Å². The van der Waals surface area contributed by atoms with E-state index in [0.717, 1.165) is 67.4 Å². The van der Waals surface area contributed by atoms with Crippen LogP contribution in [0.25, 0.3) is 0 Å².